The zero-order valence-corrected chi connectivity index (χ0v) is 11.6. The molecule has 0 aromatic heterocycles. The van der Waals surface area contributed by atoms with Gasteiger partial charge in [-0.15, -0.1) is 0 Å². The van der Waals surface area contributed by atoms with E-state index in [2.05, 4.69) is 13.8 Å². The first kappa shape index (κ1) is 14.3. The topological polar surface area (TPSA) is 26.3 Å². The fourth-order valence-electron chi connectivity index (χ4n) is 1.99. The van der Waals surface area contributed by atoms with Crippen LogP contribution in [0.2, 0.25) is 0 Å². The Bertz CT molecular complexity index is 608. The highest BCUT2D eigenvalue weighted by Crippen LogP contribution is 2.33. The van der Waals surface area contributed by atoms with E-state index < -0.39 is 5.82 Å². The number of benzene rings is 2. The molecule has 2 aromatic carbocycles. The second-order valence-corrected chi connectivity index (χ2v) is 4.76. The van der Waals surface area contributed by atoms with Crippen molar-refractivity contribution in [3.05, 3.63) is 59.4 Å². The summed E-state index contributed by atoms with van der Waals surface area (Å²) < 4.78 is 19.5. The van der Waals surface area contributed by atoms with E-state index in [0.29, 0.717) is 23.5 Å². The van der Waals surface area contributed by atoms with Gasteiger partial charge < -0.3 is 4.74 Å². The smallest absolute Gasteiger partial charge is 0.166 e. The van der Waals surface area contributed by atoms with Crippen LogP contribution in [-0.4, -0.2) is 6.29 Å². The van der Waals surface area contributed by atoms with E-state index in [1.54, 1.807) is 0 Å². The van der Waals surface area contributed by atoms with Gasteiger partial charge in [0.05, 0.1) is 0 Å². The number of ether oxygens (including phenoxy) is 1. The molecule has 0 spiro atoms. The van der Waals surface area contributed by atoms with Gasteiger partial charge in [0.15, 0.2) is 11.6 Å². The lowest BCUT2D eigenvalue weighted by Crippen LogP contribution is -1.97. The summed E-state index contributed by atoms with van der Waals surface area (Å²) in [4.78, 5) is 10.6. The minimum Gasteiger partial charge on any atom is -0.454 e. The number of para-hydroxylation sites is 1. The van der Waals surface area contributed by atoms with Crippen LogP contribution in [0.4, 0.5) is 4.39 Å². The number of rotatable bonds is 5. The molecule has 3 heteroatoms. The van der Waals surface area contributed by atoms with Crippen molar-refractivity contribution in [2.45, 2.75) is 26.2 Å². The fraction of sp³-hybridized carbons (Fsp3) is 0.235. The maximum Gasteiger partial charge on any atom is 0.166 e. The predicted molar refractivity (Wildman–Crippen MR) is 77.0 cm³/mol. The SMILES string of the molecule is CCC(C)c1ccccc1Oc1ccc(C=O)cc1F. The number of carbonyl (C=O) groups excluding carboxylic acids is 1. The largest absolute Gasteiger partial charge is 0.454 e. The average molecular weight is 272 g/mol. The van der Waals surface area contributed by atoms with Gasteiger partial charge in [-0.1, -0.05) is 32.0 Å². The standard InChI is InChI=1S/C17H17FO2/c1-3-12(2)14-6-4-5-7-16(14)20-17-9-8-13(11-19)10-15(17)18/h4-12H,3H2,1-2H3. The number of aldehydes is 1. The predicted octanol–water partition coefficient (Wildman–Crippen LogP) is 4.94. The summed E-state index contributed by atoms with van der Waals surface area (Å²) in [6.07, 6.45) is 1.59. The maximum atomic E-state index is 13.9. The Hall–Kier alpha value is -2.16. The molecule has 0 heterocycles. The molecule has 104 valence electrons. The first-order valence-electron chi connectivity index (χ1n) is 6.67. The summed E-state index contributed by atoms with van der Waals surface area (Å²) >= 11 is 0. The first-order chi connectivity index (χ1) is 9.65. The summed E-state index contributed by atoms with van der Waals surface area (Å²) in [6.45, 7) is 4.20. The Morgan fingerprint density at radius 3 is 2.60 bits per heavy atom. The Morgan fingerprint density at radius 1 is 1.20 bits per heavy atom. The molecular weight excluding hydrogens is 255 g/mol. The molecule has 0 radical (unpaired) electrons. The van der Waals surface area contributed by atoms with Gasteiger partial charge in [-0.25, -0.2) is 4.39 Å². The second-order valence-electron chi connectivity index (χ2n) is 4.76. The van der Waals surface area contributed by atoms with Gasteiger partial charge in [0, 0.05) is 5.56 Å². The zero-order valence-electron chi connectivity index (χ0n) is 11.6. The van der Waals surface area contributed by atoms with Gasteiger partial charge in [0.1, 0.15) is 12.0 Å². The molecule has 0 amide bonds. The summed E-state index contributed by atoms with van der Waals surface area (Å²) in [5.41, 5.74) is 1.35. The lowest BCUT2D eigenvalue weighted by molar-refractivity contribution is 0.112. The van der Waals surface area contributed by atoms with E-state index in [1.165, 1.54) is 18.2 Å². The van der Waals surface area contributed by atoms with Crippen molar-refractivity contribution in [3.8, 4) is 11.5 Å². The van der Waals surface area contributed by atoms with Crippen molar-refractivity contribution in [3.63, 3.8) is 0 Å². The van der Waals surface area contributed by atoms with Gasteiger partial charge in [-0.05, 0) is 42.2 Å². The minimum absolute atomic E-state index is 0.131. The van der Waals surface area contributed by atoms with E-state index in [4.69, 9.17) is 4.74 Å². The van der Waals surface area contributed by atoms with Gasteiger partial charge >= 0.3 is 0 Å². The van der Waals surface area contributed by atoms with Crippen LogP contribution >= 0.6 is 0 Å². The number of hydrogen-bond donors (Lipinski definition) is 0. The van der Waals surface area contributed by atoms with E-state index in [-0.39, 0.29) is 5.75 Å². The molecular formula is C17H17FO2. The Morgan fingerprint density at radius 2 is 1.95 bits per heavy atom. The number of carbonyl (C=O) groups is 1. The van der Waals surface area contributed by atoms with Crippen molar-refractivity contribution in [2.24, 2.45) is 0 Å². The second kappa shape index (κ2) is 6.33. The average Bonchev–Trinajstić information content (AvgIpc) is 2.49. The summed E-state index contributed by atoms with van der Waals surface area (Å²) in [7, 11) is 0. The molecule has 0 saturated heterocycles. The molecule has 1 atom stereocenters. The molecule has 2 rings (SSSR count). The quantitative estimate of drug-likeness (QED) is 0.720. The van der Waals surface area contributed by atoms with Crippen LogP contribution in [0, 0.1) is 5.82 Å². The first-order valence-corrected chi connectivity index (χ1v) is 6.67. The van der Waals surface area contributed by atoms with Gasteiger partial charge in [0.25, 0.3) is 0 Å². The van der Waals surface area contributed by atoms with E-state index in [0.717, 1.165) is 12.0 Å². The monoisotopic (exact) mass is 272 g/mol. The van der Waals surface area contributed by atoms with E-state index >= 15 is 0 Å². The van der Waals surface area contributed by atoms with Crippen LogP contribution in [0.3, 0.4) is 0 Å². The van der Waals surface area contributed by atoms with Crippen molar-refractivity contribution in [1.82, 2.24) is 0 Å². The molecule has 0 saturated carbocycles. The Balaban J connectivity index is 2.33. The summed E-state index contributed by atoms with van der Waals surface area (Å²) in [5, 5.41) is 0. The Kier molecular flexibility index (Phi) is 4.51. The third-order valence-corrected chi connectivity index (χ3v) is 3.37. The number of halogens is 1. The third-order valence-electron chi connectivity index (χ3n) is 3.37. The van der Waals surface area contributed by atoms with Gasteiger partial charge in [0.2, 0.25) is 0 Å². The third kappa shape index (κ3) is 3.05. The van der Waals surface area contributed by atoms with Crippen LogP contribution in [0.25, 0.3) is 0 Å². The molecule has 0 aliphatic heterocycles. The van der Waals surface area contributed by atoms with Gasteiger partial charge in [-0.2, -0.15) is 0 Å². The lowest BCUT2D eigenvalue weighted by Gasteiger charge is -2.15. The van der Waals surface area contributed by atoms with Gasteiger partial charge in [-0.3, -0.25) is 4.79 Å². The van der Waals surface area contributed by atoms with Crippen molar-refractivity contribution in [2.75, 3.05) is 0 Å². The molecule has 0 fully saturated rings. The molecule has 0 aliphatic carbocycles. The van der Waals surface area contributed by atoms with Crippen molar-refractivity contribution in [1.29, 1.82) is 0 Å². The normalized spacial score (nSPS) is 11.9. The van der Waals surface area contributed by atoms with Crippen LogP contribution in [0.5, 0.6) is 11.5 Å². The van der Waals surface area contributed by atoms with Crippen molar-refractivity contribution >= 4 is 6.29 Å². The molecule has 0 bridgehead atoms. The zero-order chi connectivity index (χ0) is 14.5. The molecule has 2 aromatic rings. The Labute approximate surface area is 118 Å². The minimum atomic E-state index is -0.534. The molecule has 1 unspecified atom stereocenters. The highest BCUT2D eigenvalue weighted by molar-refractivity contribution is 5.75. The molecule has 0 N–H and O–H groups in total. The molecule has 2 nitrogen and oxygen atoms in total. The van der Waals surface area contributed by atoms with Crippen LogP contribution < -0.4 is 4.74 Å². The highest BCUT2D eigenvalue weighted by Gasteiger charge is 2.12. The van der Waals surface area contributed by atoms with Crippen LogP contribution in [0.15, 0.2) is 42.5 Å². The summed E-state index contributed by atoms with van der Waals surface area (Å²) in [6, 6.07) is 11.8. The summed E-state index contributed by atoms with van der Waals surface area (Å²) in [5.74, 6) is 0.586. The van der Waals surface area contributed by atoms with Crippen molar-refractivity contribution < 1.29 is 13.9 Å². The van der Waals surface area contributed by atoms with E-state index in [9.17, 15) is 9.18 Å². The number of hydrogen-bond acceptors (Lipinski definition) is 2. The van der Waals surface area contributed by atoms with Crippen LogP contribution in [0.1, 0.15) is 42.1 Å². The lowest BCUT2D eigenvalue weighted by atomic mass is 9.98. The highest BCUT2D eigenvalue weighted by atomic mass is 19.1. The van der Waals surface area contributed by atoms with Crippen LogP contribution in [-0.2, 0) is 0 Å². The molecule has 0 aliphatic rings. The molecule has 20 heavy (non-hydrogen) atoms. The maximum absolute atomic E-state index is 13.9. The fourth-order valence-corrected chi connectivity index (χ4v) is 1.99. The van der Waals surface area contributed by atoms with E-state index in [1.807, 2.05) is 24.3 Å².